The van der Waals surface area contributed by atoms with Crippen molar-refractivity contribution in [2.24, 2.45) is 0 Å². The maximum Gasteiger partial charge on any atom is 0.335 e. The summed E-state index contributed by atoms with van der Waals surface area (Å²) in [6.07, 6.45) is 0. The van der Waals surface area contributed by atoms with Gasteiger partial charge < -0.3 is 5.11 Å². The number of hydrogen-bond acceptors (Lipinski definition) is 3. The summed E-state index contributed by atoms with van der Waals surface area (Å²) in [5.41, 5.74) is 0.0402. The highest BCUT2D eigenvalue weighted by atomic mass is 79.9. The van der Waals surface area contributed by atoms with E-state index in [0.717, 1.165) is 0 Å². The number of nitrogens with zero attached hydrogens (tertiary/aromatic N) is 1. The van der Waals surface area contributed by atoms with Gasteiger partial charge in [0.15, 0.2) is 0 Å². The van der Waals surface area contributed by atoms with Gasteiger partial charge in [-0.3, -0.25) is 0 Å². The Morgan fingerprint density at radius 2 is 2.00 bits per heavy atom. The Kier molecular flexibility index (Phi) is 5.11. The van der Waals surface area contributed by atoms with Gasteiger partial charge in [-0.1, -0.05) is 6.92 Å². The lowest BCUT2D eigenvalue weighted by Gasteiger charge is -2.24. The number of rotatable bonds is 5. The second-order valence-corrected chi connectivity index (χ2v) is 6.97. The molecular formula is C12H16BrNO4S. The first kappa shape index (κ1) is 16.1. The molecule has 0 aliphatic carbocycles. The summed E-state index contributed by atoms with van der Waals surface area (Å²) < 4.78 is 26.5. The van der Waals surface area contributed by atoms with Crippen LogP contribution in [-0.4, -0.2) is 36.4 Å². The minimum Gasteiger partial charge on any atom is -0.478 e. The zero-order valence-electron chi connectivity index (χ0n) is 10.9. The summed E-state index contributed by atoms with van der Waals surface area (Å²) >= 11 is 3.13. The molecule has 0 amide bonds. The van der Waals surface area contributed by atoms with E-state index in [1.54, 1.807) is 20.8 Å². The third-order valence-electron chi connectivity index (χ3n) is 2.65. The van der Waals surface area contributed by atoms with Crippen molar-refractivity contribution in [3.8, 4) is 0 Å². The minimum atomic E-state index is -3.63. The van der Waals surface area contributed by atoms with Gasteiger partial charge >= 0.3 is 5.97 Å². The molecule has 1 rings (SSSR count). The third-order valence-corrected chi connectivity index (χ3v) is 5.78. The molecule has 0 spiro atoms. The van der Waals surface area contributed by atoms with Gasteiger partial charge in [-0.2, -0.15) is 4.31 Å². The molecule has 1 N–H and O–H groups in total. The van der Waals surface area contributed by atoms with E-state index in [0.29, 0.717) is 6.54 Å². The highest BCUT2D eigenvalue weighted by molar-refractivity contribution is 9.10. The van der Waals surface area contributed by atoms with E-state index >= 15 is 0 Å². The number of halogens is 1. The predicted molar refractivity (Wildman–Crippen MR) is 75.8 cm³/mol. The Balaban J connectivity index is 3.33. The fourth-order valence-electron chi connectivity index (χ4n) is 1.78. The molecule has 0 bridgehead atoms. The van der Waals surface area contributed by atoms with Gasteiger partial charge in [0.2, 0.25) is 10.0 Å². The molecule has 1 aromatic carbocycles. The molecule has 1 aromatic rings. The van der Waals surface area contributed by atoms with Gasteiger partial charge in [-0.15, -0.1) is 0 Å². The van der Waals surface area contributed by atoms with Crippen molar-refractivity contribution >= 4 is 31.9 Å². The highest BCUT2D eigenvalue weighted by Gasteiger charge is 2.27. The molecule has 0 atom stereocenters. The quantitative estimate of drug-likeness (QED) is 0.886. The van der Waals surface area contributed by atoms with Crippen LogP contribution in [0.15, 0.2) is 27.6 Å². The molecule has 5 nitrogen and oxygen atoms in total. The molecule has 0 fully saturated rings. The van der Waals surface area contributed by atoms with Gasteiger partial charge in [0.1, 0.15) is 0 Å². The van der Waals surface area contributed by atoms with E-state index in [1.807, 2.05) is 0 Å². The minimum absolute atomic E-state index is 0.0402. The predicted octanol–water partition coefficient (Wildman–Crippen LogP) is 2.57. The van der Waals surface area contributed by atoms with Crippen molar-refractivity contribution in [3.05, 3.63) is 28.2 Å². The maximum atomic E-state index is 12.5. The average molecular weight is 350 g/mol. The van der Waals surface area contributed by atoms with Crippen molar-refractivity contribution in [1.82, 2.24) is 4.31 Å². The largest absolute Gasteiger partial charge is 0.478 e. The molecule has 19 heavy (non-hydrogen) atoms. The first-order chi connectivity index (χ1) is 8.71. The Morgan fingerprint density at radius 3 is 2.37 bits per heavy atom. The van der Waals surface area contributed by atoms with E-state index in [9.17, 15) is 13.2 Å². The van der Waals surface area contributed by atoms with Crippen LogP contribution in [0.3, 0.4) is 0 Å². The van der Waals surface area contributed by atoms with Crippen LogP contribution in [0.2, 0.25) is 0 Å². The number of carboxylic acid groups (broad SMARTS) is 1. The fourth-order valence-corrected chi connectivity index (χ4v) is 4.47. The number of benzene rings is 1. The second kappa shape index (κ2) is 6.02. The number of aromatic carboxylic acids is 1. The molecule has 0 saturated heterocycles. The van der Waals surface area contributed by atoms with Crippen molar-refractivity contribution in [3.63, 3.8) is 0 Å². The van der Waals surface area contributed by atoms with Crippen LogP contribution < -0.4 is 0 Å². The molecule has 0 saturated carbocycles. The summed E-state index contributed by atoms with van der Waals surface area (Å²) in [6, 6.07) is 3.73. The van der Waals surface area contributed by atoms with Crippen LogP contribution in [0.4, 0.5) is 0 Å². The molecular weight excluding hydrogens is 334 g/mol. The number of carbonyl (C=O) groups is 1. The van der Waals surface area contributed by atoms with Crippen LogP contribution in [0.5, 0.6) is 0 Å². The van der Waals surface area contributed by atoms with Gasteiger partial charge in [-0.25, -0.2) is 13.2 Å². The van der Waals surface area contributed by atoms with Crippen LogP contribution in [0, 0.1) is 0 Å². The number of hydrogen-bond donors (Lipinski definition) is 1. The molecule has 0 unspecified atom stereocenters. The van der Waals surface area contributed by atoms with Crippen molar-refractivity contribution in [1.29, 1.82) is 0 Å². The first-order valence-corrected chi connectivity index (χ1v) is 7.99. The smallest absolute Gasteiger partial charge is 0.335 e. The fraction of sp³-hybridized carbons (Fsp3) is 0.417. The van der Waals surface area contributed by atoms with Gasteiger partial charge in [-0.05, 0) is 48.0 Å². The lowest BCUT2D eigenvalue weighted by atomic mass is 10.2. The van der Waals surface area contributed by atoms with E-state index < -0.39 is 16.0 Å². The zero-order chi connectivity index (χ0) is 14.8. The Labute approximate surface area is 121 Å². The van der Waals surface area contributed by atoms with Crippen molar-refractivity contribution in [2.45, 2.75) is 31.7 Å². The van der Waals surface area contributed by atoms with Crippen molar-refractivity contribution in [2.75, 3.05) is 6.54 Å². The van der Waals surface area contributed by atoms with E-state index in [4.69, 9.17) is 5.11 Å². The normalized spacial score (nSPS) is 12.1. The summed E-state index contributed by atoms with van der Waals surface area (Å²) in [4.78, 5) is 10.9. The summed E-state index contributed by atoms with van der Waals surface area (Å²) in [6.45, 7) is 5.70. The summed E-state index contributed by atoms with van der Waals surface area (Å²) in [7, 11) is -3.63. The third kappa shape index (κ3) is 3.34. The van der Waals surface area contributed by atoms with Crippen LogP contribution in [-0.2, 0) is 10.0 Å². The number of sulfonamides is 1. The molecule has 0 heterocycles. The van der Waals surface area contributed by atoms with E-state index in [2.05, 4.69) is 15.9 Å². The monoisotopic (exact) mass is 349 g/mol. The molecule has 0 aliphatic heterocycles. The van der Waals surface area contributed by atoms with Crippen LogP contribution >= 0.6 is 15.9 Å². The van der Waals surface area contributed by atoms with Gasteiger partial charge in [0.05, 0.1) is 10.5 Å². The lowest BCUT2D eigenvalue weighted by molar-refractivity contribution is 0.0696. The summed E-state index contributed by atoms with van der Waals surface area (Å²) in [5, 5.41) is 8.87. The highest BCUT2D eigenvalue weighted by Crippen LogP contribution is 2.27. The maximum absolute atomic E-state index is 12.5. The Hall–Kier alpha value is -0.920. The van der Waals surface area contributed by atoms with Gasteiger partial charge in [0, 0.05) is 17.1 Å². The molecule has 0 radical (unpaired) electrons. The topological polar surface area (TPSA) is 74.7 Å². The average Bonchev–Trinajstić information content (AvgIpc) is 2.28. The molecule has 0 aliphatic rings. The van der Waals surface area contributed by atoms with Crippen molar-refractivity contribution < 1.29 is 18.3 Å². The van der Waals surface area contributed by atoms with Gasteiger partial charge in [0.25, 0.3) is 0 Å². The van der Waals surface area contributed by atoms with Crippen LogP contribution in [0.25, 0.3) is 0 Å². The lowest BCUT2D eigenvalue weighted by Crippen LogP contribution is -2.36. The standard InChI is InChI=1S/C12H16BrNO4S/c1-4-14(8(2)3)19(17,18)11-6-5-9(12(15)16)7-10(11)13/h5-8H,4H2,1-3H3,(H,15,16). The van der Waals surface area contributed by atoms with Crippen LogP contribution in [0.1, 0.15) is 31.1 Å². The Morgan fingerprint density at radius 1 is 1.42 bits per heavy atom. The second-order valence-electron chi connectivity index (χ2n) is 4.25. The first-order valence-electron chi connectivity index (χ1n) is 5.76. The Bertz CT molecular complexity index is 583. The molecule has 7 heteroatoms. The summed E-state index contributed by atoms with van der Waals surface area (Å²) in [5.74, 6) is -1.10. The van der Waals surface area contributed by atoms with E-state index in [1.165, 1.54) is 22.5 Å². The number of carboxylic acids is 1. The van der Waals surface area contributed by atoms with E-state index in [-0.39, 0.29) is 21.0 Å². The zero-order valence-corrected chi connectivity index (χ0v) is 13.3. The SMILES string of the molecule is CCN(C(C)C)S(=O)(=O)c1ccc(C(=O)O)cc1Br. The molecule has 0 aromatic heterocycles. The molecule has 106 valence electrons.